The molecule has 1 aromatic heterocycles. The monoisotopic (exact) mass is 239 g/mol. The smallest absolute Gasteiger partial charge is 0.107 e. The second-order valence-electron chi connectivity index (χ2n) is 4.65. The van der Waals surface area contributed by atoms with Crippen LogP contribution in [0.25, 0.3) is 0 Å². The van der Waals surface area contributed by atoms with E-state index in [1.165, 1.54) is 30.8 Å². The molecular weight excluding hydrogens is 218 g/mol. The lowest BCUT2D eigenvalue weighted by Gasteiger charge is -2.28. The molecule has 90 valence electrons. The molecule has 0 aliphatic carbocycles. The summed E-state index contributed by atoms with van der Waals surface area (Å²) in [4.78, 5) is 4.46. The van der Waals surface area contributed by atoms with Crippen LogP contribution in [0, 0.1) is 6.92 Å². The highest BCUT2D eigenvalue weighted by atomic mass is 32.1. The maximum Gasteiger partial charge on any atom is 0.107 e. The molecule has 2 heterocycles. The fourth-order valence-electron chi connectivity index (χ4n) is 2.34. The third-order valence-electron chi connectivity index (χ3n) is 3.42. The Morgan fingerprint density at radius 3 is 3.06 bits per heavy atom. The van der Waals surface area contributed by atoms with Gasteiger partial charge >= 0.3 is 0 Å². The van der Waals surface area contributed by atoms with Crippen molar-refractivity contribution in [3.8, 4) is 0 Å². The summed E-state index contributed by atoms with van der Waals surface area (Å²) in [6.45, 7) is 7.45. The molecule has 0 radical (unpaired) electrons. The Morgan fingerprint density at radius 2 is 2.50 bits per heavy atom. The maximum absolute atomic E-state index is 4.46. The zero-order valence-electron chi connectivity index (χ0n) is 10.2. The van der Waals surface area contributed by atoms with Gasteiger partial charge in [-0.25, -0.2) is 4.98 Å². The number of hydrogen-bond donors (Lipinski definition) is 2. The molecule has 1 atom stereocenters. The summed E-state index contributed by atoms with van der Waals surface area (Å²) in [5.74, 6) is 0. The van der Waals surface area contributed by atoms with Gasteiger partial charge in [0.2, 0.25) is 0 Å². The van der Waals surface area contributed by atoms with Crippen LogP contribution in [0.15, 0.2) is 5.38 Å². The first-order valence-electron chi connectivity index (χ1n) is 6.11. The molecule has 2 rings (SSSR count). The molecule has 1 unspecified atom stereocenters. The Bertz CT molecular complexity index is 329. The number of nitrogens with zero attached hydrogens (tertiary/aromatic N) is 1. The van der Waals surface area contributed by atoms with E-state index in [4.69, 9.17) is 0 Å². The Balaban J connectivity index is 1.78. The molecule has 0 spiro atoms. The van der Waals surface area contributed by atoms with Gasteiger partial charge in [0.05, 0.1) is 0 Å². The van der Waals surface area contributed by atoms with E-state index in [1.807, 2.05) is 6.92 Å². The normalized spacial score (nSPS) is 25.1. The van der Waals surface area contributed by atoms with Gasteiger partial charge in [-0.2, -0.15) is 0 Å². The van der Waals surface area contributed by atoms with Gasteiger partial charge in [0.25, 0.3) is 0 Å². The topological polar surface area (TPSA) is 37.0 Å². The number of thiazole rings is 1. The fourth-order valence-corrected chi connectivity index (χ4v) is 3.08. The lowest BCUT2D eigenvalue weighted by atomic mass is 9.94. The van der Waals surface area contributed by atoms with Gasteiger partial charge in [0.1, 0.15) is 5.01 Å². The standard InChI is InChI=1S/C12H21N3S/c1-3-12(5-4-6-14-12)9-13-7-11-15-10(2)8-16-11/h8,13-14H,3-7,9H2,1-2H3. The van der Waals surface area contributed by atoms with Gasteiger partial charge in [0.15, 0.2) is 0 Å². The molecule has 16 heavy (non-hydrogen) atoms. The molecule has 4 heteroatoms. The van der Waals surface area contributed by atoms with E-state index in [-0.39, 0.29) is 0 Å². The quantitative estimate of drug-likeness (QED) is 0.826. The molecule has 0 saturated carbocycles. The lowest BCUT2D eigenvalue weighted by molar-refractivity contribution is 0.340. The van der Waals surface area contributed by atoms with Crippen molar-refractivity contribution >= 4 is 11.3 Å². The van der Waals surface area contributed by atoms with Crippen LogP contribution in [0.3, 0.4) is 0 Å². The Kier molecular flexibility index (Phi) is 3.95. The van der Waals surface area contributed by atoms with Crippen molar-refractivity contribution in [2.24, 2.45) is 0 Å². The average molecular weight is 239 g/mol. The first-order chi connectivity index (χ1) is 7.74. The summed E-state index contributed by atoms with van der Waals surface area (Å²) in [5.41, 5.74) is 1.47. The van der Waals surface area contributed by atoms with Gasteiger partial charge < -0.3 is 10.6 Å². The molecule has 1 saturated heterocycles. The Labute approximate surface area is 102 Å². The second-order valence-corrected chi connectivity index (χ2v) is 5.59. The van der Waals surface area contributed by atoms with Crippen LogP contribution in [0.1, 0.15) is 36.9 Å². The largest absolute Gasteiger partial charge is 0.310 e. The van der Waals surface area contributed by atoms with E-state index in [2.05, 4.69) is 27.9 Å². The number of aryl methyl sites for hydroxylation is 1. The maximum atomic E-state index is 4.46. The SMILES string of the molecule is CCC1(CNCc2nc(C)cs2)CCCN1. The second kappa shape index (κ2) is 5.25. The van der Waals surface area contributed by atoms with Crippen LogP contribution < -0.4 is 10.6 Å². The van der Waals surface area contributed by atoms with Crippen molar-refractivity contribution < 1.29 is 0 Å². The molecule has 2 N–H and O–H groups in total. The Morgan fingerprint density at radius 1 is 1.62 bits per heavy atom. The molecule has 0 amide bonds. The molecule has 1 fully saturated rings. The van der Waals surface area contributed by atoms with Crippen LogP contribution in [0.4, 0.5) is 0 Å². The number of hydrogen-bond acceptors (Lipinski definition) is 4. The molecule has 1 aliphatic heterocycles. The van der Waals surface area contributed by atoms with Gasteiger partial charge in [-0.3, -0.25) is 0 Å². The van der Waals surface area contributed by atoms with Crippen LogP contribution in [-0.4, -0.2) is 23.6 Å². The third kappa shape index (κ3) is 2.81. The zero-order chi connectivity index (χ0) is 11.4. The summed E-state index contributed by atoms with van der Waals surface area (Å²) in [6.07, 6.45) is 3.82. The predicted octanol–water partition coefficient (Wildman–Crippen LogP) is 2.07. The van der Waals surface area contributed by atoms with E-state index >= 15 is 0 Å². The van der Waals surface area contributed by atoms with Crippen LogP contribution >= 0.6 is 11.3 Å². The molecule has 3 nitrogen and oxygen atoms in total. The summed E-state index contributed by atoms with van der Waals surface area (Å²) in [6, 6.07) is 0. The average Bonchev–Trinajstić information content (AvgIpc) is 2.89. The molecule has 1 aromatic rings. The zero-order valence-corrected chi connectivity index (χ0v) is 11.0. The van der Waals surface area contributed by atoms with Gasteiger partial charge in [-0.05, 0) is 32.7 Å². The van der Waals surface area contributed by atoms with Gasteiger partial charge in [-0.1, -0.05) is 6.92 Å². The van der Waals surface area contributed by atoms with E-state index in [0.29, 0.717) is 5.54 Å². The van der Waals surface area contributed by atoms with Gasteiger partial charge in [-0.15, -0.1) is 11.3 Å². The predicted molar refractivity (Wildman–Crippen MR) is 68.8 cm³/mol. The molecule has 1 aliphatic rings. The molecule has 0 aromatic carbocycles. The summed E-state index contributed by atoms with van der Waals surface area (Å²) < 4.78 is 0. The van der Waals surface area contributed by atoms with Crippen LogP contribution in [0.2, 0.25) is 0 Å². The Hall–Kier alpha value is -0.450. The van der Waals surface area contributed by atoms with E-state index in [9.17, 15) is 0 Å². The van der Waals surface area contributed by atoms with Crippen molar-refractivity contribution in [3.63, 3.8) is 0 Å². The van der Waals surface area contributed by atoms with E-state index in [0.717, 1.165) is 18.8 Å². The van der Waals surface area contributed by atoms with Crippen molar-refractivity contribution in [1.82, 2.24) is 15.6 Å². The summed E-state index contributed by atoms with van der Waals surface area (Å²) in [5, 5.41) is 10.5. The van der Waals surface area contributed by atoms with E-state index < -0.39 is 0 Å². The minimum absolute atomic E-state index is 0.340. The number of aromatic nitrogens is 1. The fraction of sp³-hybridized carbons (Fsp3) is 0.750. The highest BCUT2D eigenvalue weighted by Gasteiger charge is 2.30. The number of nitrogens with one attached hydrogen (secondary N) is 2. The summed E-state index contributed by atoms with van der Waals surface area (Å²) in [7, 11) is 0. The minimum atomic E-state index is 0.340. The first kappa shape index (κ1) is 12.0. The first-order valence-corrected chi connectivity index (χ1v) is 6.99. The van der Waals surface area contributed by atoms with Crippen molar-refractivity contribution in [3.05, 3.63) is 16.1 Å². The highest BCUT2D eigenvalue weighted by Crippen LogP contribution is 2.22. The van der Waals surface area contributed by atoms with Crippen molar-refractivity contribution in [1.29, 1.82) is 0 Å². The molecule has 0 bridgehead atoms. The summed E-state index contributed by atoms with van der Waals surface area (Å²) >= 11 is 1.74. The van der Waals surface area contributed by atoms with E-state index in [1.54, 1.807) is 11.3 Å². The highest BCUT2D eigenvalue weighted by molar-refractivity contribution is 7.09. The third-order valence-corrected chi connectivity index (χ3v) is 4.38. The lowest BCUT2D eigenvalue weighted by Crippen LogP contribution is -2.47. The number of rotatable bonds is 5. The van der Waals surface area contributed by atoms with Crippen LogP contribution in [0.5, 0.6) is 0 Å². The van der Waals surface area contributed by atoms with Crippen molar-refractivity contribution in [2.75, 3.05) is 13.1 Å². The van der Waals surface area contributed by atoms with Crippen LogP contribution in [-0.2, 0) is 6.54 Å². The van der Waals surface area contributed by atoms with Gasteiger partial charge in [0, 0.05) is 29.7 Å². The van der Waals surface area contributed by atoms with Crippen molar-refractivity contribution in [2.45, 2.75) is 45.2 Å². The molecular formula is C12H21N3S. The minimum Gasteiger partial charge on any atom is -0.310 e.